The molecule has 180 valence electrons. The minimum atomic E-state index is -0.473. The van der Waals surface area contributed by atoms with Gasteiger partial charge < -0.3 is 20.4 Å². The molecule has 0 radical (unpaired) electrons. The first-order chi connectivity index (χ1) is 16.3. The van der Waals surface area contributed by atoms with Gasteiger partial charge in [-0.05, 0) is 50.5 Å². The lowest BCUT2D eigenvalue weighted by Crippen LogP contribution is -2.25. The lowest BCUT2D eigenvalue weighted by Gasteiger charge is -2.06. The van der Waals surface area contributed by atoms with E-state index in [2.05, 4.69) is 30.6 Å². The maximum absolute atomic E-state index is 13.5. The van der Waals surface area contributed by atoms with Crippen molar-refractivity contribution in [2.75, 3.05) is 19.0 Å². The highest BCUT2D eigenvalue weighted by atomic mass is 19.1. The van der Waals surface area contributed by atoms with Crippen LogP contribution in [0.25, 0.3) is 0 Å². The van der Waals surface area contributed by atoms with Crippen LogP contribution in [0.15, 0.2) is 28.4 Å². The van der Waals surface area contributed by atoms with E-state index in [1.165, 1.54) is 31.5 Å². The molecule has 0 saturated heterocycles. The number of nitrogens with zero attached hydrogens (tertiary/aromatic N) is 2. The summed E-state index contributed by atoms with van der Waals surface area (Å²) in [5.41, 5.74) is 3.38. The van der Waals surface area contributed by atoms with Gasteiger partial charge in [-0.25, -0.2) is 4.39 Å². The molecule has 3 N–H and O–H groups in total. The summed E-state index contributed by atoms with van der Waals surface area (Å²) < 4.78 is 18.2. The van der Waals surface area contributed by atoms with E-state index in [1.807, 2.05) is 0 Å². The number of unbranched alkanes of at least 4 members (excludes halogenated alkanes) is 3. The zero-order chi connectivity index (χ0) is 24.7. The van der Waals surface area contributed by atoms with Gasteiger partial charge in [0.25, 0.3) is 11.8 Å². The van der Waals surface area contributed by atoms with E-state index in [0.717, 1.165) is 25.7 Å². The molecular formula is C24H28FN5O4. The molecule has 0 saturated carbocycles. The Kier molecular flexibility index (Phi) is 8.29. The highest BCUT2D eigenvalue weighted by molar-refractivity contribution is 6.53. The summed E-state index contributed by atoms with van der Waals surface area (Å²) in [5, 5.41) is 13.5. The van der Waals surface area contributed by atoms with Crippen LogP contribution in [0.5, 0.6) is 0 Å². The second-order valence-electron chi connectivity index (χ2n) is 8.00. The minimum Gasteiger partial charge on any atom is -0.469 e. The maximum atomic E-state index is 13.5. The van der Waals surface area contributed by atoms with Crippen LogP contribution in [0.3, 0.4) is 0 Å². The first-order valence-corrected chi connectivity index (χ1v) is 11.1. The Hall–Kier alpha value is -3.82. The fourth-order valence-corrected chi connectivity index (χ4v) is 3.75. The standard InChI is InChI=1S/C24H28FN5O4/c1-14-19(13-27-30-22-17-12-16(25)9-10-18(17)29-24(22)33)28-15(2)21(14)23(32)26-11-7-5-4-6-8-20(31)34-3/h9-10,12-13,28H,4-8,11H2,1-3H3,(H,26,32)(H,29,30,33)/b27-13+. The SMILES string of the molecule is COC(=O)CCCCCCNC(=O)c1c(C)[nH]c(/C=N/N=C2\C(=O)Nc3ccc(F)cc32)c1C. The first-order valence-electron chi connectivity index (χ1n) is 11.1. The van der Waals surface area contributed by atoms with Gasteiger partial charge in [0.05, 0.1) is 30.3 Å². The molecule has 1 aliphatic heterocycles. The van der Waals surface area contributed by atoms with Crippen LogP contribution in [-0.4, -0.2) is 48.3 Å². The van der Waals surface area contributed by atoms with E-state index < -0.39 is 11.7 Å². The van der Waals surface area contributed by atoms with Crippen LogP contribution in [0.4, 0.5) is 10.1 Å². The molecule has 2 amide bonds. The lowest BCUT2D eigenvalue weighted by atomic mass is 10.1. The molecule has 1 aromatic carbocycles. The Morgan fingerprint density at radius 1 is 1.18 bits per heavy atom. The van der Waals surface area contributed by atoms with Gasteiger partial charge in [0.1, 0.15) is 5.82 Å². The molecule has 0 unspecified atom stereocenters. The van der Waals surface area contributed by atoms with E-state index >= 15 is 0 Å². The third kappa shape index (κ3) is 5.94. The number of methoxy groups -OCH3 is 1. The number of amides is 2. The fraction of sp³-hybridized carbons (Fsp3) is 0.375. The van der Waals surface area contributed by atoms with E-state index in [9.17, 15) is 18.8 Å². The van der Waals surface area contributed by atoms with Crippen molar-refractivity contribution in [1.82, 2.24) is 10.3 Å². The molecule has 3 rings (SSSR count). The zero-order valence-corrected chi connectivity index (χ0v) is 19.5. The van der Waals surface area contributed by atoms with Crippen LogP contribution >= 0.6 is 0 Å². The number of hydrogen-bond acceptors (Lipinski definition) is 6. The van der Waals surface area contributed by atoms with Crippen LogP contribution in [0, 0.1) is 19.7 Å². The van der Waals surface area contributed by atoms with Crippen LogP contribution in [0.1, 0.15) is 65.0 Å². The third-order valence-corrected chi connectivity index (χ3v) is 5.57. The van der Waals surface area contributed by atoms with E-state index in [1.54, 1.807) is 13.8 Å². The Balaban J connectivity index is 1.57. The van der Waals surface area contributed by atoms with Crippen molar-refractivity contribution >= 4 is 35.4 Å². The Labute approximate surface area is 196 Å². The van der Waals surface area contributed by atoms with Crippen molar-refractivity contribution < 1.29 is 23.5 Å². The van der Waals surface area contributed by atoms with Gasteiger partial charge in [-0.3, -0.25) is 14.4 Å². The highest BCUT2D eigenvalue weighted by Gasteiger charge is 2.26. The molecule has 1 aromatic heterocycles. The summed E-state index contributed by atoms with van der Waals surface area (Å²) in [4.78, 5) is 39.0. The molecular weight excluding hydrogens is 441 g/mol. The molecule has 0 spiro atoms. The van der Waals surface area contributed by atoms with Gasteiger partial charge in [0, 0.05) is 24.2 Å². The average molecular weight is 470 g/mol. The summed E-state index contributed by atoms with van der Waals surface area (Å²) in [7, 11) is 1.38. The number of aryl methyl sites for hydroxylation is 1. The number of carbonyl (C=O) groups is 3. The third-order valence-electron chi connectivity index (χ3n) is 5.57. The smallest absolute Gasteiger partial charge is 0.305 e. The summed E-state index contributed by atoms with van der Waals surface area (Å²) in [6, 6.07) is 3.96. The molecule has 10 heteroatoms. The van der Waals surface area contributed by atoms with Crippen molar-refractivity contribution in [3.05, 3.63) is 52.1 Å². The topological polar surface area (TPSA) is 125 Å². The van der Waals surface area contributed by atoms with Crippen LogP contribution in [-0.2, 0) is 14.3 Å². The number of rotatable bonds is 10. The number of ether oxygens (including phenoxy) is 1. The Morgan fingerprint density at radius 3 is 2.71 bits per heavy atom. The number of benzene rings is 1. The van der Waals surface area contributed by atoms with Gasteiger partial charge >= 0.3 is 5.97 Å². The molecule has 0 atom stereocenters. The summed E-state index contributed by atoms with van der Waals surface area (Å²) in [6.45, 7) is 4.12. The quantitative estimate of drug-likeness (QED) is 0.213. The van der Waals surface area contributed by atoms with Crippen LogP contribution in [0.2, 0.25) is 0 Å². The Bertz CT molecular complexity index is 1150. The number of hydrogen-bond donors (Lipinski definition) is 3. The van der Waals surface area contributed by atoms with Crippen molar-refractivity contribution in [1.29, 1.82) is 0 Å². The minimum absolute atomic E-state index is 0.0243. The number of halogens is 1. The monoisotopic (exact) mass is 469 g/mol. The summed E-state index contributed by atoms with van der Waals surface area (Å²) in [5.74, 6) is -1.32. The molecule has 9 nitrogen and oxygen atoms in total. The first kappa shape index (κ1) is 24.8. The number of aromatic nitrogens is 1. The van der Waals surface area contributed by atoms with E-state index in [4.69, 9.17) is 0 Å². The van der Waals surface area contributed by atoms with Gasteiger partial charge in [-0.15, -0.1) is 5.10 Å². The molecule has 0 bridgehead atoms. The number of esters is 1. The van der Waals surface area contributed by atoms with E-state index in [0.29, 0.717) is 46.7 Å². The number of fused-ring (bicyclic) bond motifs is 1. The number of carbonyl (C=O) groups excluding carboxylic acids is 3. The van der Waals surface area contributed by atoms with Gasteiger partial charge in [0.2, 0.25) is 0 Å². The lowest BCUT2D eigenvalue weighted by molar-refractivity contribution is -0.140. The highest BCUT2D eigenvalue weighted by Crippen LogP contribution is 2.24. The molecule has 0 fully saturated rings. The molecule has 0 aliphatic carbocycles. The van der Waals surface area contributed by atoms with Gasteiger partial charge in [-0.2, -0.15) is 5.10 Å². The summed E-state index contributed by atoms with van der Waals surface area (Å²) in [6.07, 6.45) is 5.22. The normalized spacial score (nSPS) is 13.9. The zero-order valence-electron chi connectivity index (χ0n) is 19.5. The predicted octanol–water partition coefficient (Wildman–Crippen LogP) is 3.40. The molecule has 1 aliphatic rings. The van der Waals surface area contributed by atoms with Crippen molar-refractivity contribution in [3.8, 4) is 0 Å². The second-order valence-corrected chi connectivity index (χ2v) is 8.00. The molecule has 34 heavy (non-hydrogen) atoms. The van der Waals surface area contributed by atoms with Crippen molar-refractivity contribution in [3.63, 3.8) is 0 Å². The number of anilines is 1. The fourth-order valence-electron chi connectivity index (χ4n) is 3.75. The van der Waals surface area contributed by atoms with E-state index in [-0.39, 0.29) is 17.6 Å². The average Bonchev–Trinajstić information content (AvgIpc) is 3.27. The number of H-pyrrole nitrogens is 1. The van der Waals surface area contributed by atoms with Gasteiger partial charge in [-0.1, -0.05) is 12.8 Å². The van der Waals surface area contributed by atoms with Crippen molar-refractivity contribution in [2.24, 2.45) is 10.2 Å². The maximum Gasteiger partial charge on any atom is 0.305 e. The second kappa shape index (κ2) is 11.4. The Morgan fingerprint density at radius 2 is 1.94 bits per heavy atom. The largest absolute Gasteiger partial charge is 0.469 e. The number of aromatic amines is 1. The van der Waals surface area contributed by atoms with Gasteiger partial charge in [0.15, 0.2) is 5.71 Å². The van der Waals surface area contributed by atoms with Crippen LogP contribution < -0.4 is 10.6 Å². The van der Waals surface area contributed by atoms with Crippen molar-refractivity contribution in [2.45, 2.75) is 46.0 Å². The number of nitrogens with one attached hydrogen (secondary N) is 3. The predicted molar refractivity (Wildman–Crippen MR) is 127 cm³/mol. The molecule has 2 aromatic rings. The molecule has 2 heterocycles. The summed E-state index contributed by atoms with van der Waals surface area (Å²) >= 11 is 0.